The molecule has 124 valence electrons. The monoisotopic (exact) mass is 339 g/mol. The Hall–Kier alpha value is -2.02. The number of furan rings is 1. The number of hydrogen-bond donors (Lipinski definition) is 2. The van der Waals surface area contributed by atoms with E-state index in [1.807, 2.05) is 24.3 Å². The average molecular weight is 340 g/mol. The lowest BCUT2D eigenvalue weighted by Crippen LogP contribution is -2.34. The number of hydrogen-bond acceptors (Lipinski definition) is 5. The third-order valence-electron chi connectivity index (χ3n) is 3.03. The van der Waals surface area contributed by atoms with E-state index in [0.717, 1.165) is 11.3 Å². The average Bonchev–Trinajstić information content (AvgIpc) is 3.00. The van der Waals surface area contributed by atoms with E-state index < -0.39 is 12.0 Å². The third-order valence-corrected chi connectivity index (χ3v) is 3.24. The molecule has 0 aliphatic carbocycles. The molecule has 2 aromatic rings. The second-order valence-electron chi connectivity index (χ2n) is 4.83. The molecule has 1 atom stereocenters. The zero-order valence-corrected chi connectivity index (χ0v) is 13.4. The van der Waals surface area contributed by atoms with Gasteiger partial charge in [0, 0.05) is 6.54 Å². The molecular formula is C16H18ClNO5. The van der Waals surface area contributed by atoms with Gasteiger partial charge in [0.2, 0.25) is 0 Å². The molecule has 0 aliphatic heterocycles. The van der Waals surface area contributed by atoms with Crippen molar-refractivity contribution in [2.75, 3.05) is 20.3 Å². The standard InChI is InChI=1S/C16H18ClNO5/c1-21-13-4-2-11(3-5-13)9-22-10-12(19)8-18-16(20)14-6-7-15(17)23-14/h2-7,12,19H,8-10H2,1H3,(H,18,20). The number of carbonyl (C=O) groups excluding carboxylic acids is 1. The van der Waals surface area contributed by atoms with Crippen LogP contribution in [-0.4, -0.2) is 37.4 Å². The number of nitrogens with one attached hydrogen (secondary N) is 1. The first kappa shape index (κ1) is 17.3. The van der Waals surface area contributed by atoms with Gasteiger partial charge in [-0.25, -0.2) is 0 Å². The second kappa shape index (κ2) is 8.57. The van der Waals surface area contributed by atoms with Crippen molar-refractivity contribution in [3.63, 3.8) is 0 Å². The topological polar surface area (TPSA) is 80.9 Å². The molecule has 1 aromatic carbocycles. The number of benzene rings is 1. The molecule has 2 rings (SSSR count). The van der Waals surface area contributed by atoms with Gasteiger partial charge in [0.05, 0.1) is 26.4 Å². The number of halogens is 1. The van der Waals surface area contributed by atoms with Gasteiger partial charge in [0.1, 0.15) is 5.75 Å². The third kappa shape index (κ3) is 5.59. The molecule has 1 heterocycles. The van der Waals surface area contributed by atoms with Gasteiger partial charge in [0.15, 0.2) is 11.0 Å². The summed E-state index contributed by atoms with van der Waals surface area (Å²) in [7, 11) is 1.60. The van der Waals surface area contributed by atoms with Gasteiger partial charge in [0.25, 0.3) is 5.91 Å². The molecule has 6 nitrogen and oxygen atoms in total. The Morgan fingerprint density at radius 1 is 1.30 bits per heavy atom. The number of aliphatic hydroxyl groups is 1. The van der Waals surface area contributed by atoms with Crippen LogP contribution in [0.25, 0.3) is 0 Å². The maximum atomic E-state index is 11.7. The minimum atomic E-state index is -0.817. The second-order valence-corrected chi connectivity index (χ2v) is 5.20. The van der Waals surface area contributed by atoms with E-state index in [9.17, 15) is 9.90 Å². The molecule has 0 aliphatic rings. The summed E-state index contributed by atoms with van der Waals surface area (Å²) in [6.07, 6.45) is -0.817. The molecule has 1 aromatic heterocycles. The number of methoxy groups -OCH3 is 1. The van der Waals surface area contributed by atoms with Gasteiger partial charge in [-0.2, -0.15) is 0 Å². The molecule has 0 spiro atoms. The highest BCUT2D eigenvalue weighted by Crippen LogP contribution is 2.13. The van der Waals surface area contributed by atoms with E-state index in [1.54, 1.807) is 7.11 Å². The summed E-state index contributed by atoms with van der Waals surface area (Å²) >= 11 is 5.59. The van der Waals surface area contributed by atoms with Crippen molar-refractivity contribution in [2.24, 2.45) is 0 Å². The zero-order chi connectivity index (χ0) is 16.7. The summed E-state index contributed by atoms with van der Waals surface area (Å²) in [5.41, 5.74) is 0.965. The molecule has 7 heteroatoms. The fourth-order valence-electron chi connectivity index (χ4n) is 1.83. The maximum Gasteiger partial charge on any atom is 0.287 e. The molecule has 0 saturated carbocycles. The number of carbonyl (C=O) groups is 1. The quantitative estimate of drug-likeness (QED) is 0.771. The molecule has 1 unspecified atom stereocenters. The van der Waals surface area contributed by atoms with E-state index in [4.69, 9.17) is 25.5 Å². The molecular weight excluding hydrogens is 322 g/mol. The molecule has 0 radical (unpaired) electrons. The molecule has 1 amide bonds. The summed E-state index contributed by atoms with van der Waals surface area (Å²) < 4.78 is 15.4. The fraction of sp³-hybridized carbons (Fsp3) is 0.312. The van der Waals surface area contributed by atoms with Crippen molar-refractivity contribution in [3.8, 4) is 5.75 Å². The number of amides is 1. The number of rotatable bonds is 8. The Balaban J connectivity index is 1.66. The van der Waals surface area contributed by atoms with Crippen LogP contribution in [0.2, 0.25) is 5.22 Å². The lowest BCUT2D eigenvalue weighted by Gasteiger charge is -2.12. The van der Waals surface area contributed by atoms with Gasteiger partial charge in [-0.05, 0) is 41.4 Å². The van der Waals surface area contributed by atoms with E-state index in [2.05, 4.69) is 5.32 Å². The first-order valence-corrected chi connectivity index (χ1v) is 7.38. The van der Waals surface area contributed by atoms with Crippen molar-refractivity contribution in [2.45, 2.75) is 12.7 Å². The highest BCUT2D eigenvalue weighted by molar-refractivity contribution is 6.29. The number of ether oxygens (including phenoxy) is 2. The van der Waals surface area contributed by atoms with E-state index in [0.29, 0.717) is 6.61 Å². The largest absolute Gasteiger partial charge is 0.497 e. The van der Waals surface area contributed by atoms with Crippen LogP contribution in [0.15, 0.2) is 40.8 Å². The molecule has 0 fully saturated rings. The SMILES string of the molecule is COc1ccc(COCC(O)CNC(=O)c2ccc(Cl)o2)cc1. The summed E-state index contributed by atoms with van der Waals surface area (Å²) in [5.74, 6) is 0.432. The molecule has 0 saturated heterocycles. The summed E-state index contributed by atoms with van der Waals surface area (Å²) in [5, 5.41) is 12.5. The van der Waals surface area contributed by atoms with Gasteiger partial charge < -0.3 is 24.3 Å². The Morgan fingerprint density at radius 2 is 2.04 bits per heavy atom. The minimum Gasteiger partial charge on any atom is -0.497 e. The van der Waals surface area contributed by atoms with Gasteiger partial charge in [-0.1, -0.05) is 12.1 Å². The lowest BCUT2D eigenvalue weighted by molar-refractivity contribution is 0.0283. The molecule has 2 N–H and O–H groups in total. The Labute approximate surface area is 139 Å². The van der Waals surface area contributed by atoms with E-state index in [-0.39, 0.29) is 24.1 Å². The first-order valence-electron chi connectivity index (χ1n) is 7.00. The van der Waals surface area contributed by atoms with Gasteiger partial charge in [-0.3, -0.25) is 4.79 Å². The summed E-state index contributed by atoms with van der Waals surface area (Å²) in [4.78, 5) is 11.7. The van der Waals surface area contributed by atoms with E-state index >= 15 is 0 Å². The maximum absolute atomic E-state index is 11.7. The van der Waals surface area contributed by atoms with Crippen molar-refractivity contribution in [1.82, 2.24) is 5.32 Å². The van der Waals surface area contributed by atoms with Crippen LogP contribution in [0.1, 0.15) is 16.1 Å². The number of aliphatic hydroxyl groups excluding tert-OH is 1. The normalized spacial score (nSPS) is 12.0. The van der Waals surface area contributed by atoms with E-state index in [1.165, 1.54) is 12.1 Å². The lowest BCUT2D eigenvalue weighted by atomic mass is 10.2. The van der Waals surface area contributed by atoms with Crippen LogP contribution in [0, 0.1) is 0 Å². The Morgan fingerprint density at radius 3 is 2.65 bits per heavy atom. The minimum absolute atomic E-state index is 0.0553. The van der Waals surface area contributed by atoms with Gasteiger partial charge >= 0.3 is 0 Å². The van der Waals surface area contributed by atoms with Crippen LogP contribution in [0.4, 0.5) is 0 Å². The van der Waals surface area contributed by atoms with Crippen LogP contribution in [-0.2, 0) is 11.3 Å². The van der Waals surface area contributed by atoms with Crippen molar-refractivity contribution in [3.05, 3.63) is 52.9 Å². The van der Waals surface area contributed by atoms with Crippen molar-refractivity contribution < 1.29 is 23.8 Å². The van der Waals surface area contributed by atoms with Crippen molar-refractivity contribution in [1.29, 1.82) is 0 Å². The zero-order valence-electron chi connectivity index (χ0n) is 12.6. The molecule has 23 heavy (non-hydrogen) atoms. The Bertz CT molecular complexity index is 626. The first-order chi connectivity index (χ1) is 11.1. The van der Waals surface area contributed by atoms with Crippen LogP contribution in [0.3, 0.4) is 0 Å². The Kier molecular flexibility index (Phi) is 6.46. The highest BCUT2D eigenvalue weighted by atomic mass is 35.5. The predicted molar refractivity (Wildman–Crippen MR) is 84.7 cm³/mol. The molecule has 0 bridgehead atoms. The van der Waals surface area contributed by atoms with Gasteiger partial charge in [-0.15, -0.1) is 0 Å². The van der Waals surface area contributed by atoms with Crippen molar-refractivity contribution >= 4 is 17.5 Å². The predicted octanol–water partition coefficient (Wildman–Crippen LogP) is 2.25. The van der Waals surface area contributed by atoms with Crippen LogP contribution < -0.4 is 10.1 Å². The highest BCUT2D eigenvalue weighted by Gasteiger charge is 2.12. The summed E-state index contributed by atoms with van der Waals surface area (Å²) in [6, 6.07) is 10.4. The summed E-state index contributed by atoms with van der Waals surface area (Å²) in [6.45, 7) is 0.522. The smallest absolute Gasteiger partial charge is 0.287 e. The fourth-order valence-corrected chi connectivity index (χ4v) is 1.97. The van der Waals surface area contributed by atoms with Crippen LogP contribution >= 0.6 is 11.6 Å². The van der Waals surface area contributed by atoms with Crippen LogP contribution in [0.5, 0.6) is 5.75 Å².